The van der Waals surface area contributed by atoms with Gasteiger partial charge in [-0.3, -0.25) is 9.59 Å². The molecule has 0 aromatic heterocycles. The maximum absolute atomic E-state index is 12.8. The van der Waals surface area contributed by atoms with E-state index in [4.69, 9.17) is 4.74 Å². The maximum atomic E-state index is 12.8. The van der Waals surface area contributed by atoms with E-state index in [-0.39, 0.29) is 29.2 Å². The molecule has 0 radical (unpaired) electrons. The van der Waals surface area contributed by atoms with Gasteiger partial charge in [-0.1, -0.05) is 30.7 Å². The van der Waals surface area contributed by atoms with Crippen molar-refractivity contribution >= 4 is 24.4 Å². The van der Waals surface area contributed by atoms with E-state index >= 15 is 0 Å². The van der Waals surface area contributed by atoms with Gasteiger partial charge in [0.05, 0.1) is 12.5 Å². The third-order valence-electron chi connectivity index (χ3n) is 5.95. The van der Waals surface area contributed by atoms with Crippen molar-refractivity contribution in [2.75, 3.05) is 20.2 Å². The van der Waals surface area contributed by atoms with E-state index in [1.54, 1.807) is 7.11 Å². The number of nitrogens with zero attached hydrogens (tertiary/aromatic N) is 1. The lowest BCUT2D eigenvalue weighted by Crippen LogP contribution is -2.38. The molecule has 2 amide bonds. The average molecular weight is 423 g/mol. The van der Waals surface area contributed by atoms with Crippen LogP contribution in [-0.4, -0.2) is 54.3 Å². The SMILES string of the molecule is CC[C@H](S)C[C@@H](CC(=O)N1CCCC1CCC(=O)NCCC1=CCCC=C1)OC. The molecule has 1 heterocycles. The van der Waals surface area contributed by atoms with Gasteiger partial charge in [-0.2, -0.15) is 12.6 Å². The van der Waals surface area contributed by atoms with Crippen LogP contribution < -0.4 is 5.32 Å². The van der Waals surface area contributed by atoms with E-state index in [1.807, 2.05) is 4.90 Å². The molecular formula is C23H38N2O3S. The molecule has 1 saturated heterocycles. The number of hydrogen-bond donors (Lipinski definition) is 2. The van der Waals surface area contributed by atoms with Gasteiger partial charge in [0.15, 0.2) is 0 Å². The number of hydrogen-bond acceptors (Lipinski definition) is 4. The number of nitrogens with one attached hydrogen (secondary N) is 1. The Balaban J connectivity index is 1.70. The van der Waals surface area contributed by atoms with Crippen LogP contribution in [0.1, 0.15) is 71.1 Å². The summed E-state index contributed by atoms with van der Waals surface area (Å²) in [7, 11) is 1.67. The highest BCUT2D eigenvalue weighted by molar-refractivity contribution is 7.80. The molecule has 0 aromatic carbocycles. The smallest absolute Gasteiger partial charge is 0.225 e. The van der Waals surface area contributed by atoms with Gasteiger partial charge < -0.3 is 15.0 Å². The highest BCUT2D eigenvalue weighted by Crippen LogP contribution is 2.24. The number of methoxy groups -OCH3 is 1. The van der Waals surface area contributed by atoms with Gasteiger partial charge in [0.25, 0.3) is 0 Å². The summed E-state index contributed by atoms with van der Waals surface area (Å²) in [6.07, 6.45) is 15.0. The Bertz CT molecular complexity index is 591. The molecule has 0 bridgehead atoms. The third kappa shape index (κ3) is 8.55. The van der Waals surface area contributed by atoms with Crippen molar-refractivity contribution in [3.63, 3.8) is 0 Å². The van der Waals surface area contributed by atoms with Crippen molar-refractivity contribution < 1.29 is 14.3 Å². The summed E-state index contributed by atoms with van der Waals surface area (Å²) in [4.78, 5) is 27.0. The Hall–Kier alpha value is -1.27. The maximum Gasteiger partial charge on any atom is 0.225 e. The highest BCUT2D eigenvalue weighted by Gasteiger charge is 2.30. The van der Waals surface area contributed by atoms with E-state index in [1.165, 1.54) is 5.57 Å². The Kier molecular flexibility index (Phi) is 10.9. The molecule has 0 saturated carbocycles. The quantitative estimate of drug-likeness (QED) is 0.467. The van der Waals surface area contributed by atoms with Crippen LogP contribution in [0.4, 0.5) is 0 Å². The van der Waals surface area contributed by atoms with Crippen molar-refractivity contribution in [1.82, 2.24) is 10.2 Å². The predicted octanol–water partition coefficient (Wildman–Crippen LogP) is 4.04. The molecule has 0 aromatic rings. The van der Waals surface area contributed by atoms with Gasteiger partial charge in [0, 0.05) is 37.9 Å². The summed E-state index contributed by atoms with van der Waals surface area (Å²) < 4.78 is 5.51. The predicted molar refractivity (Wildman–Crippen MR) is 121 cm³/mol. The Morgan fingerprint density at radius 3 is 2.90 bits per heavy atom. The van der Waals surface area contributed by atoms with E-state index in [0.29, 0.717) is 19.4 Å². The summed E-state index contributed by atoms with van der Waals surface area (Å²) in [5.41, 5.74) is 1.31. The van der Waals surface area contributed by atoms with Crippen LogP contribution in [0.2, 0.25) is 0 Å². The Labute approximate surface area is 181 Å². The first-order valence-electron chi connectivity index (χ1n) is 11.2. The van der Waals surface area contributed by atoms with Crippen molar-refractivity contribution in [3.05, 3.63) is 23.8 Å². The molecule has 29 heavy (non-hydrogen) atoms. The normalized spacial score (nSPS) is 21.0. The third-order valence-corrected chi connectivity index (χ3v) is 6.53. The molecule has 5 nitrogen and oxygen atoms in total. The number of allylic oxidation sites excluding steroid dienone is 3. The first-order valence-corrected chi connectivity index (χ1v) is 11.7. The number of ether oxygens (including phenoxy) is 1. The van der Waals surface area contributed by atoms with Crippen LogP contribution in [0.15, 0.2) is 23.8 Å². The van der Waals surface area contributed by atoms with Crippen LogP contribution in [0.25, 0.3) is 0 Å². The lowest BCUT2D eigenvalue weighted by atomic mass is 10.0. The van der Waals surface area contributed by atoms with Crippen LogP contribution >= 0.6 is 12.6 Å². The summed E-state index contributed by atoms with van der Waals surface area (Å²) in [6, 6.07) is 0.174. The zero-order valence-corrected chi connectivity index (χ0v) is 19.0. The van der Waals surface area contributed by atoms with Crippen molar-refractivity contribution in [2.24, 2.45) is 0 Å². The fraction of sp³-hybridized carbons (Fsp3) is 0.739. The van der Waals surface area contributed by atoms with Gasteiger partial charge in [-0.05, 0) is 51.4 Å². The fourth-order valence-electron chi connectivity index (χ4n) is 4.09. The second-order valence-electron chi connectivity index (χ2n) is 8.14. The average Bonchev–Trinajstić information content (AvgIpc) is 3.21. The largest absolute Gasteiger partial charge is 0.381 e. The van der Waals surface area contributed by atoms with E-state index in [9.17, 15) is 9.59 Å². The van der Waals surface area contributed by atoms with Crippen LogP contribution in [0.3, 0.4) is 0 Å². The van der Waals surface area contributed by atoms with Crippen LogP contribution in [0, 0.1) is 0 Å². The molecule has 1 aliphatic heterocycles. The molecule has 3 atom stereocenters. The minimum atomic E-state index is -0.0855. The van der Waals surface area contributed by atoms with E-state index < -0.39 is 0 Å². The van der Waals surface area contributed by atoms with Gasteiger partial charge in [0.1, 0.15) is 0 Å². The van der Waals surface area contributed by atoms with Gasteiger partial charge >= 0.3 is 0 Å². The Morgan fingerprint density at radius 2 is 2.21 bits per heavy atom. The minimum Gasteiger partial charge on any atom is -0.381 e. The van der Waals surface area contributed by atoms with Crippen molar-refractivity contribution in [3.8, 4) is 0 Å². The molecule has 1 unspecified atom stereocenters. The molecule has 164 valence electrons. The lowest BCUT2D eigenvalue weighted by molar-refractivity contribution is -0.135. The van der Waals surface area contributed by atoms with Crippen molar-refractivity contribution in [2.45, 2.75) is 88.5 Å². The van der Waals surface area contributed by atoms with E-state index in [0.717, 1.165) is 57.9 Å². The van der Waals surface area contributed by atoms with E-state index in [2.05, 4.69) is 43.1 Å². The number of amides is 2. The zero-order chi connectivity index (χ0) is 21.1. The number of thiol groups is 1. The second kappa shape index (κ2) is 13.1. The number of rotatable bonds is 12. The minimum absolute atomic E-state index is 0.0836. The van der Waals surface area contributed by atoms with Gasteiger partial charge in [-0.25, -0.2) is 0 Å². The number of carbonyl (C=O) groups excluding carboxylic acids is 2. The highest BCUT2D eigenvalue weighted by atomic mass is 32.1. The molecule has 0 spiro atoms. The molecule has 6 heteroatoms. The lowest BCUT2D eigenvalue weighted by Gasteiger charge is -2.27. The molecule has 1 N–H and O–H groups in total. The van der Waals surface area contributed by atoms with Crippen molar-refractivity contribution in [1.29, 1.82) is 0 Å². The fourth-order valence-corrected chi connectivity index (χ4v) is 4.33. The molecule has 1 aliphatic carbocycles. The molecule has 2 aliphatic rings. The summed E-state index contributed by atoms with van der Waals surface area (Å²) >= 11 is 4.53. The number of likely N-dealkylation sites (tertiary alicyclic amines) is 1. The molecule has 1 fully saturated rings. The first kappa shape index (κ1) is 24.0. The Morgan fingerprint density at radius 1 is 1.38 bits per heavy atom. The van der Waals surface area contributed by atoms with Gasteiger partial charge in [-0.15, -0.1) is 0 Å². The van der Waals surface area contributed by atoms with Gasteiger partial charge in [0.2, 0.25) is 11.8 Å². The topological polar surface area (TPSA) is 58.6 Å². The molecule has 2 rings (SSSR count). The first-order chi connectivity index (χ1) is 14.0. The van der Waals surface area contributed by atoms with Crippen LogP contribution in [-0.2, 0) is 14.3 Å². The summed E-state index contributed by atoms with van der Waals surface area (Å²) in [6.45, 7) is 3.57. The molecular weight excluding hydrogens is 384 g/mol. The summed E-state index contributed by atoms with van der Waals surface area (Å²) in [5.74, 6) is 0.229. The zero-order valence-electron chi connectivity index (χ0n) is 18.1. The van der Waals surface area contributed by atoms with Crippen LogP contribution in [0.5, 0.6) is 0 Å². The monoisotopic (exact) mass is 422 g/mol. The number of carbonyl (C=O) groups is 2. The summed E-state index contributed by atoms with van der Waals surface area (Å²) in [5, 5.41) is 3.28. The standard InChI is InChI=1S/C23H38N2O3S/c1-3-21(29)16-20(28-2)17-23(27)25-15-7-10-19(25)11-12-22(26)24-14-13-18-8-5-4-6-9-18/h5,8-9,19-21,29H,3-4,6-7,10-17H2,1-2H3,(H,24,26)/t19?,20-,21-/m0/s1. The second-order valence-corrected chi connectivity index (χ2v) is 8.87.